The Morgan fingerprint density at radius 3 is 2.26 bits per heavy atom. The molecular formula is C17H24ClN3O2. The van der Waals surface area contributed by atoms with Gasteiger partial charge in [0.1, 0.15) is 0 Å². The second kappa shape index (κ2) is 7.68. The van der Waals surface area contributed by atoms with Gasteiger partial charge in [-0.1, -0.05) is 12.1 Å². The van der Waals surface area contributed by atoms with Gasteiger partial charge >= 0.3 is 0 Å². The molecule has 0 bridgehead atoms. The number of nitrogens with one attached hydrogen (secondary N) is 1. The Morgan fingerprint density at radius 2 is 1.70 bits per heavy atom. The van der Waals surface area contributed by atoms with Crippen LogP contribution in [0.3, 0.4) is 0 Å². The molecule has 6 heteroatoms. The van der Waals surface area contributed by atoms with Crippen LogP contribution in [0.4, 0.5) is 5.69 Å². The zero-order valence-corrected chi connectivity index (χ0v) is 14.0. The summed E-state index contributed by atoms with van der Waals surface area (Å²) in [6.45, 7) is 1.45. The summed E-state index contributed by atoms with van der Waals surface area (Å²) >= 11 is 0. The minimum absolute atomic E-state index is 0. The van der Waals surface area contributed by atoms with Crippen molar-refractivity contribution in [2.75, 3.05) is 18.8 Å². The lowest BCUT2D eigenvalue weighted by Crippen LogP contribution is -2.47. The van der Waals surface area contributed by atoms with Gasteiger partial charge in [0.05, 0.1) is 6.42 Å². The van der Waals surface area contributed by atoms with Crippen LogP contribution in [0.1, 0.15) is 31.2 Å². The number of amides is 2. The van der Waals surface area contributed by atoms with Gasteiger partial charge in [-0.15, -0.1) is 12.4 Å². The van der Waals surface area contributed by atoms with E-state index in [0.717, 1.165) is 44.3 Å². The van der Waals surface area contributed by atoms with Gasteiger partial charge in [-0.2, -0.15) is 0 Å². The van der Waals surface area contributed by atoms with Crippen molar-refractivity contribution in [2.24, 2.45) is 5.92 Å². The molecule has 126 valence electrons. The smallest absolute Gasteiger partial charge is 0.226 e. The maximum absolute atomic E-state index is 12.3. The van der Waals surface area contributed by atoms with Crippen LogP contribution < -0.4 is 11.1 Å². The molecule has 0 unspecified atom stereocenters. The SMILES string of the molecule is Cl.Nc1ccc(CC(=O)N2CCC(NC(=O)C3CC3)CC2)cc1. The summed E-state index contributed by atoms with van der Waals surface area (Å²) in [5, 5.41) is 3.11. The Bertz CT molecular complexity index is 549. The van der Waals surface area contributed by atoms with E-state index >= 15 is 0 Å². The third kappa shape index (κ3) is 4.86. The average Bonchev–Trinajstić information content (AvgIpc) is 3.35. The van der Waals surface area contributed by atoms with E-state index < -0.39 is 0 Å². The van der Waals surface area contributed by atoms with E-state index in [1.54, 1.807) is 0 Å². The van der Waals surface area contributed by atoms with Crippen molar-refractivity contribution in [3.63, 3.8) is 0 Å². The van der Waals surface area contributed by atoms with Crippen molar-refractivity contribution in [3.05, 3.63) is 29.8 Å². The molecule has 5 nitrogen and oxygen atoms in total. The largest absolute Gasteiger partial charge is 0.399 e. The molecule has 2 fully saturated rings. The Kier molecular flexibility index (Phi) is 5.88. The fraction of sp³-hybridized carbons (Fsp3) is 0.529. The van der Waals surface area contributed by atoms with E-state index in [-0.39, 0.29) is 36.2 Å². The van der Waals surface area contributed by atoms with E-state index in [1.807, 2.05) is 29.2 Å². The van der Waals surface area contributed by atoms with Crippen LogP contribution in [-0.2, 0) is 16.0 Å². The molecular weight excluding hydrogens is 314 g/mol. The molecule has 1 aliphatic heterocycles. The molecule has 2 aliphatic rings. The minimum Gasteiger partial charge on any atom is -0.399 e. The lowest BCUT2D eigenvalue weighted by molar-refractivity contribution is -0.131. The predicted molar refractivity (Wildman–Crippen MR) is 92.3 cm³/mol. The number of piperidine rings is 1. The Hall–Kier alpha value is -1.75. The lowest BCUT2D eigenvalue weighted by atomic mass is 10.0. The first-order chi connectivity index (χ1) is 10.6. The highest BCUT2D eigenvalue weighted by atomic mass is 35.5. The van der Waals surface area contributed by atoms with Gasteiger partial charge < -0.3 is 16.0 Å². The summed E-state index contributed by atoms with van der Waals surface area (Å²) in [7, 11) is 0. The summed E-state index contributed by atoms with van der Waals surface area (Å²) in [6, 6.07) is 7.67. The third-order valence-corrected chi connectivity index (χ3v) is 4.48. The summed E-state index contributed by atoms with van der Waals surface area (Å²) in [5.41, 5.74) is 7.35. The molecule has 1 aromatic carbocycles. The molecule has 0 radical (unpaired) electrons. The Balaban J connectivity index is 0.00000192. The number of likely N-dealkylation sites (tertiary alicyclic amines) is 1. The molecule has 2 amide bonds. The number of nitrogen functional groups attached to an aromatic ring is 1. The van der Waals surface area contributed by atoms with Gasteiger partial charge in [-0.3, -0.25) is 9.59 Å². The first-order valence-corrected chi connectivity index (χ1v) is 8.04. The van der Waals surface area contributed by atoms with Crippen LogP contribution >= 0.6 is 12.4 Å². The fourth-order valence-electron chi connectivity index (χ4n) is 2.86. The minimum atomic E-state index is 0. The average molecular weight is 338 g/mol. The zero-order valence-electron chi connectivity index (χ0n) is 13.2. The molecule has 0 spiro atoms. The van der Waals surface area contributed by atoms with E-state index in [9.17, 15) is 9.59 Å². The van der Waals surface area contributed by atoms with Crippen molar-refractivity contribution in [1.82, 2.24) is 10.2 Å². The summed E-state index contributed by atoms with van der Waals surface area (Å²) in [6.07, 6.45) is 4.19. The van der Waals surface area contributed by atoms with Crippen LogP contribution in [0.25, 0.3) is 0 Å². The Morgan fingerprint density at radius 1 is 1.09 bits per heavy atom. The second-order valence-corrected chi connectivity index (χ2v) is 6.36. The van der Waals surface area contributed by atoms with Crippen LogP contribution in [0.2, 0.25) is 0 Å². The van der Waals surface area contributed by atoms with E-state index in [0.29, 0.717) is 12.1 Å². The molecule has 0 atom stereocenters. The predicted octanol–water partition coefficient (Wildman–Crippen LogP) is 1.75. The number of benzene rings is 1. The van der Waals surface area contributed by atoms with Crippen LogP contribution in [0.5, 0.6) is 0 Å². The summed E-state index contributed by atoms with van der Waals surface area (Å²) in [4.78, 5) is 26.0. The van der Waals surface area contributed by atoms with Gasteiger partial charge in [-0.05, 0) is 43.4 Å². The van der Waals surface area contributed by atoms with Crippen LogP contribution in [0.15, 0.2) is 24.3 Å². The fourth-order valence-corrected chi connectivity index (χ4v) is 2.86. The van der Waals surface area contributed by atoms with Crippen molar-refractivity contribution in [3.8, 4) is 0 Å². The monoisotopic (exact) mass is 337 g/mol. The number of carbonyl (C=O) groups is 2. The normalized spacial score (nSPS) is 18.2. The number of rotatable bonds is 4. The molecule has 1 saturated heterocycles. The topological polar surface area (TPSA) is 75.4 Å². The molecule has 1 heterocycles. The molecule has 1 aliphatic carbocycles. The summed E-state index contributed by atoms with van der Waals surface area (Å²) in [5.74, 6) is 0.605. The second-order valence-electron chi connectivity index (χ2n) is 6.36. The number of halogens is 1. The molecule has 23 heavy (non-hydrogen) atoms. The van der Waals surface area contributed by atoms with Crippen LogP contribution in [0, 0.1) is 5.92 Å². The van der Waals surface area contributed by atoms with E-state index in [1.165, 1.54) is 0 Å². The number of nitrogens with zero attached hydrogens (tertiary/aromatic N) is 1. The number of carbonyl (C=O) groups excluding carboxylic acids is 2. The molecule has 0 aromatic heterocycles. The van der Waals surface area contributed by atoms with Gasteiger partial charge in [0, 0.05) is 30.7 Å². The van der Waals surface area contributed by atoms with Gasteiger partial charge in [0.25, 0.3) is 0 Å². The van der Waals surface area contributed by atoms with Crippen LogP contribution in [-0.4, -0.2) is 35.8 Å². The molecule has 1 saturated carbocycles. The van der Waals surface area contributed by atoms with Gasteiger partial charge in [-0.25, -0.2) is 0 Å². The number of hydrogen-bond donors (Lipinski definition) is 2. The Labute approximate surface area is 143 Å². The number of hydrogen-bond acceptors (Lipinski definition) is 3. The third-order valence-electron chi connectivity index (χ3n) is 4.48. The lowest BCUT2D eigenvalue weighted by Gasteiger charge is -2.32. The van der Waals surface area contributed by atoms with Crippen molar-refractivity contribution >= 4 is 29.9 Å². The standard InChI is InChI=1S/C17H23N3O2.ClH/c18-14-5-1-12(2-6-14)11-16(21)20-9-7-15(8-10-20)19-17(22)13-3-4-13;/h1-2,5-6,13,15H,3-4,7-11,18H2,(H,19,22);1H. The quantitative estimate of drug-likeness (QED) is 0.822. The van der Waals surface area contributed by atoms with E-state index in [2.05, 4.69) is 5.32 Å². The molecule has 3 rings (SSSR count). The first-order valence-electron chi connectivity index (χ1n) is 8.04. The van der Waals surface area contributed by atoms with Crippen molar-refractivity contribution in [1.29, 1.82) is 0 Å². The van der Waals surface area contributed by atoms with Gasteiger partial charge in [0.2, 0.25) is 11.8 Å². The maximum Gasteiger partial charge on any atom is 0.226 e. The van der Waals surface area contributed by atoms with Gasteiger partial charge in [0.15, 0.2) is 0 Å². The first kappa shape index (κ1) is 17.6. The highest BCUT2D eigenvalue weighted by molar-refractivity contribution is 5.85. The molecule has 3 N–H and O–H groups in total. The maximum atomic E-state index is 12.3. The highest BCUT2D eigenvalue weighted by Gasteiger charge is 2.32. The number of nitrogens with two attached hydrogens (primary N) is 1. The van der Waals surface area contributed by atoms with Crippen molar-refractivity contribution in [2.45, 2.75) is 38.1 Å². The van der Waals surface area contributed by atoms with E-state index in [4.69, 9.17) is 5.73 Å². The molecule has 1 aromatic rings. The summed E-state index contributed by atoms with van der Waals surface area (Å²) < 4.78 is 0. The highest BCUT2D eigenvalue weighted by Crippen LogP contribution is 2.29. The van der Waals surface area contributed by atoms with Crippen molar-refractivity contribution < 1.29 is 9.59 Å². The number of anilines is 1. The zero-order chi connectivity index (χ0) is 15.5.